The SMILES string of the molecule is CCS(=O)(=O)N1CCN(S(=O)(=O)c2ccc(S(=O)(=O)N3CCCCC3)cc2)CC1. The van der Waals surface area contributed by atoms with Gasteiger partial charge in [0.25, 0.3) is 0 Å². The van der Waals surface area contributed by atoms with Gasteiger partial charge in [-0.2, -0.15) is 12.9 Å². The van der Waals surface area contributed by atoms with Gasteiger partial charge in [-0.15, -0.1) is 0 Å². The lowest BCUT2D eigenvalue weighted by Crippen LogP contribution is -2.50. The van der Waals surface area contributed by atoms with Crippen LogP contribution in [0.4, 0.5) is 0 Å². The van der Waals surface area contributed by atoms with E-state index in [-0.39, 0.29) is 41.7 Å². The summed E-state index contributed by atoms with van der Waals surface area (Å²) >= 11 is 0. The number of sulfonamides is 3. The van der Waals surface area contributed by atoms with Crippen molar-refractivity contribution in [1.29, 1.82) is 0 Å². The third-order valence-electron chi connectivity index (χ3n) is 5.37. The number of nitrogens with zero attached hydrogens (tertiary/aromatic N) is 3. The first-order chi connectivity index (χ1) is 13.6. The zero-order valence-electron chi connectivity index (χ0n) is 16.4. The second-order valence-corrected chi connectivity index (χ2v) is 13.3. The van der Waals surface area contributed by atoms with Crippen LogP contribution in [-0.4, -0.2) is 83.2 Å². The molecule has 2 aliphatic heterocycles. The zero-order valence-corrected chi connectivity index (χ0v) is 18.8. The zero-order chi connectivity index (χ0) is 21.3. The van der Waals surface area contributed by atoms with E-state index in [1.807, 2.05) is 0 Å². The molecular weight excluding hydrogens is 438 g/mol. The van der Waals surface area contributed by atoms with E-state index < -0.39 is 30.1 Å². The Kier molecular flexibility index (Phi) is 6.71. The van der Waals surface area contributed by atoms with E-state index in [0.717, 1.165) is 19.3 Å². The maximum absolute atomic E-state index is 12.9. The lowest BCUT2D eigenvalue weighted by atomic mass is 10.2. The topological polar surface area (TPSA) is 112 Å². The van der Waals surface area contributed by atoms with Gasteiger partial charge >= 0.3 is 0 Å². The largest absolute Gasteiger partial charge is 0.243 e. The number of hydrogen-bond donors (Lipinski definition) is 0. The Morgan fingerprint density at radius 2 is 1.00 bits per heavy atom. The number of piperidine rings is 1. The monoisotopic (exact) mass is 465 g/mol. The molecule has 29 heavy (non-hydrogen) atoms. The van der Waals surface area contributed by atoms with Crippen molar-refractivity contribution in [3.05, 3.63) is 24.3 Å². The van der Waals surface area contributed by atoms with Crippen LogP contribution in [0.3, 0.4) is 0 Å². The van der Waals surface area contributed by atoms with Crippen LogP contribution in [0.1, 0.15) is 26.2 Å². The van der Waals surface area contributed by atoms with Crippen molar-refractivity contribution < 1.29 is 25.3 Å². The molecule has 2 heterocycles. The van der Waals surface area contributed by atoms with E-state index in [0.29, 0.717) is 13.1 Å². The Labute approximate surface area is 173 Å². The van der Waals surface area contributed by atoms with Gasteiger partial charge < -0.3 is 0 Å². The second-order valence-electron chi connectivity index (χ2n) is 7.14. The van der Waals surface area contributed by atoms with Gasteiger partial charge in [0, 0.05) is 39.3 Å². The van der Waals surface area contributed by atoms with Crippen LogP contribution < -0.4 is 0 Å². The number of hydrogen-bond acceptors (Lipinski definition) is 6. The Balaban J connectivity index is 1.74. The molecule has 2 saturated heterocycles. The fraction of sp³-hybridized carbons (Fsp3) is 0.647. The predicted molar refractivity (Wildman–Crippen MR) is 109 cm³/mol. The molecule has 0 saturated carbocycles. The molecule has 9 nitrogen and oxygen atoms in total. The Morgan fingerprint density at radius 3 is 1.41 bits per heavy atom. The molecule has 2 aliphatic rings. The third kappa shape index (κ3) is 4.67. The molecule has 0 spiro atoms. The second kappa shape index (κ2) is 8.60. The van der Waals surface area contributed by atoms with Crippen LogP contribution in [0, 0.1) is 0 Å². The molecule has 0 atom stereocenters. The number of piperazine rings is 1. The first-order valence-corrected chi connectivity index (χ1v) is 14.2. The maximum atomic E-state index is 12.9. The summed E-state index contributed by atoms with van der Waals surface area (Å²) in [6.07, 6.45) is 2.66. The summed E-state index contributed by atoms with van der Waals surface area (Å²) < 4.78 is 79.0. The molecule has 0 aliphatic carbocycles. The lowest BCUT2D eigenvalue weighted by molar-refractivity contribution is 0.273. The minimum Gasteiger partial charge on any atom is -0.212 e. The Hall–Kier alpha value is -1.05. The molecule has 164 valence electrons. The number of benzene rings is 1. The summed E-state index contributed by atoms with van der Waals surface area (Å²) in [5.74, 6) is -0.0211. The Bertz CT molecular complexity index is 1020. The van der Waals surface area contributed by atoms with Crippen LogP contribution in [0.15, 0.2) is 34.1 Å². The van der Waals surface area contributed by atoms with Crippen LogP contribution in [-0.2, 0) is 30.1 Å². The van der Waals surface area contributed by atoms with Gasteiger partial charge in [0.2, 0.25) is 30.1 Å². The quantitative estimate of drug-likeness (QED) is 0.605. The molecule has 1 aromatic rings. The summed E-state index contributed by atoms with van der Waals surface area (Å²) in [7, 11) is -10.8. The molecule has 0 radical (unpaired) electrons. The highest BCUT2D eigenvalue weighted by molar-refractivity contribution is 7.90. The summed E-state index contributed by atoms with van der Waals surface area (Å²) in [5.41, 5.74) is 0. The standard InChI is InChI=1S/C17H27N3O6S3/c1-2-27(21,22)18-12-14-20(15-13-18)29(25,26)17-8-6-16(7-9-17)28(23,24)19-10-4-3-5-11-19/h6-9H,2-5,10-15H2,1H3. The van der Waals surface area contributed by atoms with Crippen molar-refractivity contribution in [3.8, 4) is 0 Å². The summed E-state index contributed by atoms with van der Waals surface area (Å²) in [6.45, 7) is 2.86. The highest BCUT2D eigenvalue weighted by Crippen LogP contribution is 2.24. The van der Waals surface area contributed by atoms with Gasteiger partial charge in [-0.05, 0) is 44.0 Å². The van der Waals surface area contributed by atoms with E-state index in [2.05, 4.69) is 0 Å². The minimum atomic E-state index is -3.82. The van der Waals surface area contributed by atoms with Crippen molar-refractivity contribution >= 4 is 30.1 Å². The third-order valence-corrected chi connectivity index (χ3v) is 11.1. The van der Waals surface area contributed by atoms with Crippen LogP contribution in [0.25, 0.3) is 0 Å². The minimum absolute atomic E-state index is 0.00175. The van der Waals surface area contributed by atoms with Gasteiger partial charge in [-0.1, -0.05) is 6.42 Å². The summed E-state index contributed by atoms with van der Waals surface area (Å²) in [4.78, 5) is 0.0825. The normalized spacial score (nSPS) is 21.3. The molecule has 3 rings (SSSR count). The van der Waals surface area contributed by atoms with Crippen molar-refractivity contribution in [2.24, 2.45) is 0 Å². The van der Waals surface area contributed by atoms with Gasteiger partial charge in [0.05, 0.1) is 15.5 Å². The fourth-order valence-electron chi connectivity index (χ4n) is 3.56. The van der Waals surface area contributed by atoms with Crippen LogP contribution >= 0.6 is 0 Å². The van der Waals surface area contributed by atoms with Crippen molar-refractivity contribution in [1.82, 2.24) is 12.9 Å². The highest BCUT2D eigenvalue weighted by Gasteiger charge is 2.33. The molecule has 0 N–H and O–H groups in total. The predicted octanol–water partition coefficient (Wildman–Crippen LogP) is 0.517. The van der Waals surface area contributed by atoms with E-state index in [9.17, 15) is 25.3 Å². The summed E-state index contributed by atoms with van der Waals surface area (Å²) in [6, 6.07) is 5.27. The smallest absolute Gasteiger partial charge is 0.212 e. The van der Waals surface area contributed by atoms with Gasteiger partial charge in [-0.3, -0.25) is 0 Å². The molecule has 2 fully saturated rings. The van der Waals surface area contributed by atoms with Gasteiger partial charge in [0.1, 0.15) is 0 Å². The average Bonchev–Trinajstić information content (AvgIpc) is 2.74. The van der Waals surface area contributed by atoms with E-state index in [4.69, 9.17) is 0 Å². The molecular formula is C17H27N3O6S3. The van der Waals surface area contributed by atoms with E-state index in [1.165, 1.54) is 37.2 Å². The van der Waals surface area contributed by atoms with Crippen molar-refractivity contribution in [3.63, 3.8) is 0 Å². The molecule has 0 unspecified atom stereocenters. The Morgan fingerprint density at radius 1 is 0.621 bits per heavy atom. The molecule has 0 amide bonds. The maximum Gasteiger partial charge on any atom is 0.243 e. The molecule has 0 aromatic heterocycles. The molecule has 12 heteroatoms. The lowest BCUT2D eigenvalue weighted by Gasteiger charge is -2.33. The van der Waals surface area contributed by atoms with Crippen LogP contribution in [0.2, 0.25) is 0 Å². The summed E-state index contributed by atoms with van der Waals surface area (Å²) in [5, 5.41) is 0. The van der Waals surface area contributed by atoms with Crippen molar-refractivity contribution in [2.45, 2.75) is 36.0 Å². The first kappa shape index (κ1) is 22.6. The highest BCUT2D eigenvalue weighted by atomic mass is 32.2. The molecule has 0 bridgehead atoms. The first-order valence-electron chi connectivity index (χ1n) is 9.67. The molecule has 1 aromatic carbocycles. The van der Waals surface area contributed by atoms with Gasteiger partial charge in [0.15, 0.2) is 0 Å². The fourth-order valence-corrected chi connectivity index (χ4v) is 7.58. The van der Waals surface area contributed by atoms with E-state index in [1.54, 1.807) is 6.92 Å². The van der Waals surface area contributed by atoms with Crippen LogP contribution in [0.5, 0.6) is 0 Å². The average molecular weight is 466 g/mol. The van der Waals surface area contributed by atoms with E-state index >= 15 is 0 Å². The van der Waals surface area contributed by atoms with Crippen molar-refractivity contribution in [2.75, 3.05) is 45.0 Å². The van der Waals surface area contributed by atoms with Gasteiger partial charge in [-0.25, -0.2) is 25.3 Å². The number of rotatable bonds is 6.